The van der Waals surface area contributed by atoms with Gasteiger partial charge in [-0.3, -0.25) is 9.59 Å². The molecule has 1 saturated carbocycles. The predicted octanol–water partition coefficient (Wildman–Crippen LogP) is 3.80. The minimum absolute atomic E-state index is 0.00903. The minimum Gasteiger partial charge on any atom is -0.326 e. The van der Waals surface area contributed by atoms with E-state index >= 15 is 0 Å². The Kier molecular flexibility index (Phi) is 4.66. The maximum absolute atomic E-state index is 12.3. The van der Waals surface area contributed by atoms with Crippen LogP contribution < -0.4 is 10.6 Å². The number of carbonyl (C=O) groups excluding carboxylic acids is 2. The molecule has 21 heavy (non-hydrogen) atoms. The van der Waals surface area contributed by atoms with Crippen LogP contribution in [0.1, 0.15) is 46.5 Å². The molecule has 4 nitrogen and oxygen atoms in total. The molecule has 0 spiro atoms. The van der Waals surface area contributed by atoms with Crippen LogP contribution in [0.25, 0.3) is 0 Å². The van der Waals surface area contributed by atoms with Gasteiger partial charge >= 0.3 is 0 Å². The van der Waals surface area contributed by atoms with Crippen molar-refractivity contribution in [2.45, 2.75) is 46.5 Å². The van der Waals surface area contributed by atoms with Crippen molar-refractivity contribution in [3.8, 4) is 0 Å². The third kappa shape index (κ3) is 3.84. The van der Waals surface area contributed by atoms with Crippen molar-refractivity contribution in [3.63, 3.8) is 0 Å². The van der Waals surface area contributed by atoms with Gasteiger partial charge in [0.25, 0.3) is 0 Å². The molecule has 1 aliphatic carbocycles. The molecule has 0 saturated heterocycles. The van der Waals surface area contributed by atoms with E-state index in [-0.39, 0.29) is 23.1 Å². The van der Waals surface area contributed by atoms with Crippen LogP contribution in [0.5, 0.6) is 0 Å². The fourth-order valence-corrected chi connectivity index (χ4v) is 2.59. The Hall–Kier alpha value is -1.84. The summed E-state index contributed by atoms with van der Waals surface area (Å²) in [6, 6.07) is 7.28. The van der Waals surface area contributed by atoms with Crippen LogP contribution in [0, 0.1) is 11.3 Å². The van der Waals surface area contributed by atoms with Gasteiger partial charge in [-0.25, -0.2) is 0 Å². The van der Waals surface area contributed by atoms with E-state index < -0.39 is 0 Å². The highest BCUT2D eigenvalue weighted by Gasteiger charge is 2.36. The molecular formula is C17H24N2O2. The van der Waals surface area contributed by atoms with Crippen LogP contribution in [-0.2, 0) is 9.59 Å². The van der Waals surface area contributed by atoms with E-state index in [9.17, 15) is 9.59 Å². The zero-order chi connectivity index (χ0) is 15.5. The van der Waals surface area contributed by atoms with Gasteiger partial charge in [0.2, 0.25) is 11.8 Å². The van der Waals surface area contributed by atoms with E-state index in [0.717, 1.165) is 37.1 Å². The van der Waals surface area contributed by atoms with Crippen molar-refractivity contribution >= 4 is 23.2 Å². The van der Waals surface area contributed by atoms with E-state index in [4.69, 9.17) is 0 Å². The molecule has 114 valence electrons. The first-order chi connectivity index (χ1) is 9.90. The lowest BCUT2D eigenvalue weighted by atomic mass is 9.88. The second-order valence-corrected chi connectivity index (χ2v) is 6.44. The number of hydrogen-bond acceptors (Lipinski definition) is 2. The van der Waals surface area contributed by atoms with Crippen LogP contribution in [0.2, 0.25) is 0 Å². The van der Waals surface area contributed by atoms with Crippen LogP contribution in [-0.4, -0.2) is 11.8 Å². The molecule has 1 aliphatic rings. The number of nitrogens with one attached hydrogen (secondary N) is 2. The average Bonchev–Trinajstić information content (AvgIpc) is 2.89. The highest BCUT2D eigenvalue weighted by atomic mass is 16.2. The van der Waals surface area contributed by atoms with E-state index in [1.165, 1.54) is 0 Å². The second-order valence-electron chi connectivity index (χ2n) is 6.44. The van der Waals surface area contributed by atoms with Crippen molar-refractivity contribution in [3.05, 3.63) is 24.3 Å². The van der Waals surface area contributed by atoms with Gasteiger partial charge in [-0.2, -0.15) is 0 Å². The molecule has 0 bridgehead atoms. The van der Waals surface area contributed by atoms with E-state index in [0.29, 0.717) is 0 Å². The normalized spacial score (nSPS) is 16.8. The minimum atomic E-state index is -0.232. The lowest BCUT2D eigenvalue weighted by molar-refractivity contribution is -0.124. The number of hydrogen-bond donors (Lipinski definition) is 2. The molecule has 2 amide bonds. The topological polar surface area (TPSA) is 58.2 Å². The Bertz CT molecular complexity index is 514. The highest BCUT2D eigenvalue weighted by Crippen LogP contribution is 2.38. The summed E-state index contributed by atoms with van der Waals surface area (Å²) in [4.78, 5) is 23.9. The molecule has 4 heteroatoms. The fraction of sp³-hybridized carbons (Fsp3) is 0.529. The van der Waals surface area contributed by atoms with Crippen molar-refractivity contribution in [1.29, 1.82) is 0 Å². The average molecular weight is 288 g/mol. The summed E-state index contributed by atoms with van der Waals surface area (Å²) in [6.45, 7) is 5.74. The summed E-state index contributed by atoms with van der Waals surface area (Å²) in [5.74, 6) is 0.0379. The molecule has 2 rings (SSSR count). The van der Waals surface area contributed by atoms with Crippen LogP contribution >= 0.6 is 0 Å². The first kappa shape index (κ1) is 15.5. The SMILES string of the molecule is CC(C)C(=O)Nc1ccc(NC(=O)C2(C)CCCC2)cc1. The van der Waals surface area contributed by atoms with E-state index in [1.54, 1.807) is 0 Å². The third-order valence-corrected chi connectivity index (χ3v) is 4.19. The lowest BCUT2D eigenvalue weighted by Gasteiger charge is -2.22. The van der Waals surface area contributed by atoms with Gasteiger partial charge in [-0.15, -0.1) is 0 Å². The van der Waals surface area contributed by atoms with Crippen LogP contribution in [0.3, 0.4) is 0 Å². The number of anilines is 2. The maximum Gasteiger partial charge on any atom is 0.230 e. The van der Waals surface area contributed by atoms with Gasteiger partial charge in [-0.05, 0) is 37.1 Å². The first-order valence-corrected chi connectivity index (χ1v) is 7.63. The molecule has 2 N–H and O–H groups in total. The zero-order valence-electron chi connectivity index (χ0n) is 13.0. The monoisotopic (exact) mass is 288 g/mol. The molecule has 0 aromatic heterocycles. The molecule has 1 aromatic carbocycles. The Morgan fingerprint density at radius 1 is 1.00 bits per heavy atom. The van der Waals surface area contributed by atoms with Crippen molar-refractivity contribution in [1.82, 2.24) is 0 Å². The molecule has 0 radical (unpaired) electrons. The van der Waals surface area contributed by atoms with Crippen LogP contribution in [0.15, 0.2) is 24.3 Å². The van der Waals surface area contributed by atoms with Gasteiger partial charge < -0.3 is 10.6 Å². The largest absolute Gasteiger partial charge is 0.326 e. The van der Waals surface area contributed by atoms with Gasteiger partial charge in [-0.1, -0.05) is 33.6 Å². The van der Waals surface area contributed by atoms with E-state index in [2.05, 4.69) is 10.6 Å². The Balaban J connectivity index is 1.96. The summed E-state index contributed by atoms with van der Waals surface area (Å²) in [5.41, 5.74) is 1.29. The third-order valence-electron chi connectivity index (χ3n) is 4.19. The summed E-state index contributed by atoms with van der Waals surface area (Å²) in [6.07, 6.45) is 4.18. The van der Waals surface area contributed by atoms with Crippen molar-refractivity contribution < 1.29 is 9.59 Å². The Morgan fingerprint density at radius 2 is 1.48 bits per heavy atom. The zero-order valence-corrected chi connectivity index (χ0v) is 13.0. The highest BCUT2D eigenvalue weighted by molar-refractivity contribution is 5.96. The summed E-state index contributed by atoms with van der Waals surface area (Å²) in [5, 5.41) is 5.81. The van der Waals surface area contributed by atoms with Gasteiger partial charge in [0.15, 0.2) is 0 Å². The molecular weight excluding hydrogens is 264 g/mol. The van der Waals surface area contributed by atoms with Crippen molar-refractivity contribution in [2.24, 2.45) is 11.3 Å². The molecule has 0 unspecified atom stereocenters. The standard InChI is InChI=1S/C17H24N2O2/c1-12(2)15(20)18-13-6-8-14(9-7-13)19-16(21)17(3)10-4-5-11-17/h6-9,12H,4-5,10-11H2,1-3H3,(H,18,20)(H,19,21). The lowest BCUT2D eigenvalue weighted by Crippen LogP contribution is -2.30. The Labute approximate surface area is 126 Å². The van der Waals surface area contributed by atoms with Crippen LogP contribution in [0.4, 0.5) is 11.4 Å². The Morgan fingerprint density at radius 3 is 1.95 bits per heavy atom. The number of benzene rings is 1. The quantitative estimate of drug-likeness (QED) is 0.885. The van der Waals surface area contributed by atoms with E-state index in [1.807, 2.05) is 45.0 Å². The molecule has 0 atom stereocenters. The van der Waals surface area contributed by atoms with Crippen molar-refractivity contribution in [2.75, 3.05) is 10.6 Å². The summed E-state index contributed by atoms with van der Waals surface area (Å²) >= 11 is 0. The maximum atomic E-state index is 12.3. The molecule has 1 aromatic rings. The molecule has 1 fully saturated rings. The molecule has 0 aliphatic heterocycles. The molecule has 0 heterocycles. The number of rotatable bonds is 4. The predicted molar refractivity (Wildman–Crippen MR) is 85.1 cm³/mol. The number of amides is 2. The second kappa shape index (κ2) is 6.29. The smallest absolute Gasteiger partial charge is 0.230 e. The first-order valence-electron chi connectivity index (χ1n) is 7.63. The van der Waals surface area contributed by atoms with Gasteiger partial charge in [0.05, 0.1) is 0 Å². The summed E-state index contributed by atoms with van der Waals surface area (Å²) in [7, 11) is 0. The summed E-state index contributed by atoms with van der Waals surface area (Å²) < 4.78 is 0. The number of carbonyl (C=O) groups is 2. The fourth-order valence-electron chi connectivity index (χ4n) is 2.59. The van der Waals surface area contributed by atoms with Gasteiger partial charge in [0, 0.05) is 22.7 Å². The van der Waals surface area contributed by atoms with Gasteiger partial charge in [0.1, 0.15) is 0 Å².